The smallest absolute Gasteiger partial charge is 0.0526 e. The molecule has 272 valence electrons. The second-order valence-electron chi connectivity index (χ2n) is 16.4. The van der Waals surface area contributed by atoms with Crippen molar-refractivity contribution in [3.05, 3.63) is 117 Å². The van der Waals surface area contributed by atoms with Crippen LogP contribution in [0.5, 0.6) is 0 Å². The first-order chi connectivity index (χ1) is 24.2. The van der Waals surface area contributed by atoms with Crippen molar-refractivity contribution in [1.82, 2.24) is 0 Å². The standard InChI is InChI=1S/C50H61NS/c1-22-21-23(2)49-44(24(22)3)45-32(11)31(10)43(41(20)50(45)52-49)42-33(12)39(18)48(40(19)34(42)13)51(46-35(14)27(6)25(4)28(7)36(46)15)47-37(16)29(8)26(5)30(9)38(47)17/h21H,1-20H3. The molecule has 0 radical (unpaired) electrons. The maximum Gasteiger partial charge on any atom is 0.0526 e. The van der Waals surface area contributed by atoms with Crippen molar-refractivity contribution in [2.75, 3.05) is 4.90 Å². The Morgan fingerprint density at radius 2 is 0.596 bits per heavy atom. The molecule has 0 aliphatic heterocycles. The molecule has 6 rings (SSSR count). The molecule has 0 amide bonds. The summed E-state index contributed by atoms with van der Waals surface area (Å²) in [5.41, 5.74) is 34.6. The Labute approximate surface area is 319 Å². The first-order valence-corrected chi connectivity index (χ1v) is 20.0. The summed E-state index contributed by atoms with van der Waals surface area (Å²) in [6, 6.07) is 2.37. The molecule has 0 spiro atoms. The van der Waals surface area contributed by atoms with Gasteiger partial charge < -0.3 is 4.90 Å². The van der Waals surface area contributed by atoms with Crippen LogP contribution in [0, 0.1) is 138 Å². The zero-order valence-electron chi connectivity index (χ0n) is 35.9. The molecule has 0 aliphatic rings. The molecule has 5 aromatic carbocycles. The second kappa shape index (κ2) is 12.9. The normalized spacial score (nSPS) is 11.8. The SMILES string of the molecule is Cc1cc(C)c2sc3c(C)c(-c4c(C)c(C)c(N(c5c(C)c(C)c(C)c(C)c5C)c5c(C)c(C)c(C)c(C)c5C)c(C)c4C)c(C)c(C)c3c2c1C. The summed E-state index contributed by atoms with van der Waals surface area (Å²) in [6.07, 6.45) is 0. The van der Waals surface area contributed by atoms with Gasteiger partial charge in [-0.15, -0.1) is 11.3 Å². The maximum absolute atomic E-state index is 2.69. The van der Waals surface area contributed by atoms with Gasteiger partial charge in [0.2, 0.25) is 0 Å². The molecule has 0 N–H and O–H groups in total. The van der Waals surface area contributed by atoms with Gasteiger partial charge in [-0.25, -0.2) is 0 Å². The van der Waals surface area contributed by atoms with Gasteiger partial charge in [-0.3, -0.25) is 0 Å². The first kappa shape index (κ1) is 37.9. The number of anilines is 3. The van der Waals surface area contributed by atoms with Crippen LogP contribution in [0.1, 0.15) is 111 Å². The number of hydrogen-bond acceptors (Lipinski definition) is 2. The highest BCUT2D eigenvalue weighted by molar-refractivity contribution is 7.26. The second-order valence-corrected chi connectivity index (χ2v) is 17.4. The summed E-state index contributed by atoms with van der Waals surface area (Å²) in [6.45, 7) is 46.7. The number of benzene rings is 5. The zero-order valence-corrected chi connectivity index (χ0v) is 36.7. The average Bonchev–Trinajstić information content (AvgIpc) is 3.52. The van der Waals surface area contributed by atoms with Crippen LogP contribution in [-0.2, 0) is 0 Å². The lowest BCUT2D eigenvalue weighted by atomic mass is 9.81. The van der Waals surface area contributed by atoms with Crippen molar-refractivity contribution in [2.45, 2.75) is 138 Å². The number of aryl methyl sites for hydroxylation is 5. The minimum atomic E-state index is 1.33. The summed E-state index contributed by atoms with van der Waals surface area (Å²) < 4.78 is 2.88. The molecule has 1 heterocycles. The van der Waals surface area contributed by atoms with Crippen LogP contribution in [0.25, 0.3) is 31.3 Å². The predicted octanol–water partition coefficient (Wildman–Crippen LogP) is 15.4. The molecule has 1 nitrogen and oxygen atoms in total. The van der Waals surface area contributed by atoms with Crippen LogP contribution in [0.2, 0.25) is 0 Å². The largest absolute Gasteiger partial charge is 0.309 e. The topological polar surface area (TPSA) is 3.24 Å². The zero-order chi connectivity index (χ0) is 38.7. The lowest BCUT2D eigenvalue weighted by molar-refractivity contribution is 1.07. The molecule has 2 heteroatoms. The molecule has 0 aliphatic carbocycles. The molecule has 0 saturated heterocycles. The van der Waals surface area contributed by atoms with Gasteiger partial charge in [0.05, 0.1) is 17.1 Å². The maximum atomic E-state index is 2.69. The third-order valence-electron chi connectivity index (χ3n) is 14.1. The van der Waals surface area contributed by atoms with Crippen LogP contribution in [0.15, 0.2) is 6.07 Å². The van der Waals surface area contributed by atoms with Crippen molar-refractivity contribution < 1.29 is 0 Å². The third kappa shape index (κ3) is 5.07. The van der Waals surface area contributed by atoms with Gasteiger partial charge in [0.1, 0.15) is 0 Å². The van der Waals surface area contributed by atoms with E-state index in [0.29, 0.717) is 0 Å². The van der Waals surface area contributed by atoms with E-state index in [1.807, 2.05) is 11.3 Å². The molecule has 0 unspecified atom stereocenters. The van der Waals surface area contributed by atoms with E-state index in [4.69, 9.17) is 0 Å². The summed E-state index contributed by atoms with van der Waals surface area (Å²) in [4.78, 5) is 2.69. The van der Waals surface area contributed by atoms with E-state index in [0.717, 1.165) is 0 Å². The Hall–Kier alpha value is -3.88. The Morgan fingerprint density at radius 1 is 0.288 bits per heavy atom. The van der Waals surface area contributed by atoms with Gasteiger partial charge in [0, 0.05) is 20.2 Å². The lowest BCUT2D eigenvalue weighted by Crippen LogP contribution is -2.21. The van der Waals surface area contributed by atoms with Crippen molar-refractivity contribution in [3.8, 4) is 11.1 Å². The van der Waals surface area contributed by atoms with Crippen molar-refractivity contribution >= 4 is 48.6 Å². The van der Waals surface area contributed by atoms with Gasteiger partial charge in [-0.05, 0) is 261 Å². The highest BCUT2D eigenvalue weighted by atomic mass is 32.1. The van der Waals surface area contributed by atoms with E-state index in [-0.39, 0.29) is 0 Å². The summed E-state index contributed by atoms with van der Waals surface area (Å²) in [5, 5.41) is 2.92. The Morgan fingerprint density at radius 3 is 1.00 bits per heavy atom. The number of rotatable bonds is 4. The average molecular weight is 708 g/mol. The molecule has 52 heavy (non-hydrogen) atoms. The monoisotopic (exact) mass is 707 g/mol. The molecule has 1 aromatic heterocycles. The molecule has 0 saturated carbocycles. The first-order valence-electron chi connectivity index (χ1n) is 19.2. The van der Waals surface area contributed by atoms with Gasteiger partial charge in [-0.1, -0.05) is 6.07 Å². The number of nitrogens with zero attached hydrogens (tertiary/aromatic N) is 1. The molecule has 0 bridgehead atoms. The minimum absolute atomic E-state index is 1.33. The van der Waals surface area contributed by atoms with E-state index in [1.54, 1.807) is 0 Å². The van der Waals surface area contributed by atoms with Crippen molar-refractivity contribution in [2.24, 2.45) is 0 Å². The van der Waals surface area contributed by atoms with Gasteiger partial charge in [-0.2, -0.15) is 0 Å². The highest BCUT2D eigenvalue weighted by Gasteiger charge is 2.31. The van der Waals surface area contributed by atoms with E-state index in [1.165, 1.54) is 160 Å². The van der Waals surface area contributed by atoms with Crippen molar-refractivity contribution in [1.29, 1.82) is 0 Å². The lowest BCUT2D eigenvalue weighted by Gasteiger charge is -2.38. The minimum Gasteiger partial charge on any atom is -0.309 e. The van der Waals surface area contributed by atoms with Crippen LogP contribution in [0.3, 0.4) is 0 Å². The van der Waals surface area contributed by atoms with E-state index in [2.05, 4.69) is 149 Å². The van der Waals surface area contributed by atoms with Gasteiger partial charge in [0.25, 0.3) is 0 Å². The highest BCUT2D eigenvalue weighted by Crippen LogP contribution is 2.53. The van der Waals surface area contributed by atoms with E-state index in [9.17, 15) is 0 Å². The Kier molecular flexibility index (Phi) is 9.40. The summed E-state index contributed by atoms with van der Waals surface area (Å²) in [5.74, 6) is 0. The van der Waals surface area contributed by atoms with E-state index < -0.39 is 0 Å². The molecular weight excluding hydrogens is 647 g/mol. The van der Waals surface area contributed by atoms with Gasteiger partial charge >= 0.3 is 0 Å². The Balaban J connectivity index is 1.77. The van der Waals surface area contributed by atoms with E-state index >= 15 is 0 Å². The molecule has 0 atom stereocenters. The fourth-order valence-corrected chi connectivity index (χ4v) is 10.9. The summed E-state index contributed by atoms with van der Waals surface area (Å²) >= 11 is 2.00. The van der Waals surface area contributed by atoms with Gasteiger partial charge in [0.15, 0.2) is 0 Å². The fraction of sp³-hybridized carbons (Fsp3) is 0.400. The summed E-state index contributed by atoms with van der Waals surface area (Å²) in [7, 11) is 0. The quantitative estimate of drug-likeness (QED) is 0.176. The molecular formula is C50H61NS. The van der Waals surface area contributed by atoms with Crippen LogP contribution in [-0.4, -0.2) is 0 Å². The number of hydrogen-bond donors (Lipinski definition) is 0. The van der Waals surface area contributed by atoms with Crippen molar-refractivity contribution in [3.63, 3.8) is 0 Å². The third-order valence-corrected chi connectivity index (χ3v) is 15.6. The Bertz CT molecular complexity index is 2390. The van der Waals surface area contributed by atoms with Crippen LogP contribution >= 0.6 is 11.3 Å². The number of fused-ring (bicyclic) bond motifs is 3. The van der Waals surface area contributed by atoms with Crippen LogP contribution in [0.4, 0.5) is 17.1 Å². The number of thiophene rings is 1. The molecule has 6 aromatic rings. The van der Waals surface area contributed by atoms with Crippen LogP contribution < -0.4 is 4.90 Å². The fourth-order valence-electron chi connectivity index (χ4n) is 9.50. The molecule has 0 fully saturated rings. The predicted molar refractivity (Wildman–Crippen MR) is 234 cm³/mol.